The van der Waals surface area contributed by atoms with Gasteiger partial charge in [0.1, 0.15) is 5.75 Å². The van der Waals surface area contributed by atoms with Crippen molar-refractivity contribution in [3.63, 3.8) is 0 Å². The van der Waals surface area contributed by atoms with Crippen LogP contribution in [0.25, 0.3) is 11.0 Å². The van der Waals surface area contributed by atoms with E-state index in [4.69, 9.17) is 14.2 Å². The first-order valence-corrected chi connectivity index (χ1v) is 11.7. The standard InChI is InChI=1S/C27H28N4O5/c1-3-34-26(32)20-9-11-21(12-10-20)30-27(33)36-16-6-15-35-25-13-14-28-23(19(25)2)17-31-18-29-22-7-4-5-8-24(22)31/h4-5,7-14,18H,3,6,15-17H2,1-2H3,(H,30,33). The molecule has 0 unspecified atom stereocenters. The smallest absolute Gasteiger partial charge is 0.411 e. The number of amides is 1. The number of aromatic nitrogens is 3. The molecule has 36 heavy (non-hydrogen) atoms. The Balaban J connectivity index is 1.22. The number of para-hydroxylation sites is 2. The highest BCUT2D eigenvalue weighted by atomic mass is 16.6. The Labute approximate surface area is 209 Å². The number of pyridine rings is 1. The van der Waals surface area contributed by atoms with Gasteiger partial charge in [0.05, 0.1) is 55.0 Å². The van der Waals surface area contributed by atoms with Gasteiger partial charge in [-0.15, -0.1) is 0 Å². The molecule has 0 radical (unpaired) electrons. The molecular weight excluding hydrogens is 460 g/mol. The average Bonchev–Trinajstić information content (AvgIpc) is 3.29. The Hall–Kier alpha value is -4.40. The summed E-state index contributed by atoms with van der Waals surface area (Å²) >= 11 is 0. The monoisotopic (exact) mass is 488 g/mol. The number of hydrogen-bond donors (Lipinski definition) is 1. The molecule has 0 bridgehead atoms. The van der Waals surface area contributed by atoms with Gasteiger partial charge in [-0.05, 0) is 56.3 Å². The SMILES string of the molecule is CCOC(=O)c1ccc(NC(=O)OCCCOc2ccnc(Cn3cnc4ccccc43)c2C)cc1. The van der Waals surface area contributed by atoms with Crippen LogP contribution in [0.15, 0.2) is 67.1 Å². The predicted octanol–water partition coefficient (Wildman–Crippen LogP) is 4.98. The maximum absolute atomic E-state index is 12.0. The van der Waals surface area contributed by atoms with Gasteiger partial charge in [0.15, 0.2) is 0 Å². The third kappa shape index (κ3) is 6.18. The van der Waals surface area contributed by atoms with E-state index in [9.17, 15) is 9.59 Å². The molecule has 4 rings (SSSR count). The number of ether oxygens (including phenoxy) is 3. The van der Waals surface area contributed by atoms with Crippen LogP contribution in [-0.2, 0) is 16.0 Å². The number of hydrogen-bond acceptors (Lipinski definition) is 7. The van der Waals surface area contributed by atoms with Crippen LogP contribution in [0.3, 0.4) is 0 Å². The first kappa shape index (κ1) is 24.7. The summed E-state index contributed by atoms with van der Waals surface area (Å²) in [6.45, 7) is 5.21. The van der Waals surface area contributed by atoms with E-state index >= 15 is 0 Å². The molecule has 0 atom stereocenters. The minimum Gasteiger partial charge on any atom is -0.493 e. The molecule has 2 heterocycles. The second kappa shape index (κ2) is 11.8. The van der Waals surface area contributed by atoms with Gasteiger partial charge in [0.2, 0.25) is 0 Å². The van der Waals surface area contributed by atoms with Crippen molar-refractivity contribution in [3.05, 3.63) is 83.9 Å². The van der Waals surface area contributed by atoms with E-state index in [2.05, 4.69) is 19.9 Å². The lowest BCUT2D eigenvalue weighted by Crippen LogP contribution is -2.16. The number of benzene rings is 2. The zero-order valence-electron chi connectivity index (χ0n) is 20.3. The molecule has 0 fully saturated rings. The third-order valence-electron chi connectivity index (χ3n) is 5.53. The molecule has 2 aromatic carbocycles. The van der Waals surface area contributed by atoms with Gasteiger partial charge in [-0.1, -0.05) is 12.1 Å². The largest absolute Gasteiger partial charge is 0.493 e. The Kier molecular flexibility index (Phi) is 8.12. The van der Waals surface area contributed by atoms with Crippen molar-refractivity contribution in [2.75, 3.05) is 25.1 Å². The van der Waals surface area contributed by atoms with E-state index in [-0.39, 0.29) is 6.61 Å². The summed E-state index contributed by atoms with van der Waals surface area (Å²) in [5.41, 5.74) is 4.80. The van der Waals surface area contributed by atoms with E-state index < -0.39 is 12.1 Å². The van der Waals surface area contributed by atoms with E-state index in [1.165, 1.54) is 0 Å². The molecule has 9 heteroatoms. The van der Waals surface area contributed by atoms with Crippen LogP contribution in [0.1, 0.15) is 35.0 Å². The van der Waals surface area contributed by atoms with E-state index in [1.54, 1.807) is 37.4 Å². The van der Waals surface area contributed by atoms with Crippen molar-refractivity contribution >= 4 is 28.8 Å². The highest BCUT2D eigenvalue weighted by molar-refractivity contribution is 5.91. The first-order valence-electron chi connectivity index (χ1n) is 11.7. The highest BCUT2D eigenvalue weighted by Gasteiger charge is 2.11. The van der Waals surface area contributed by atoms with Crippen LogP contribution < -0.4 is 10.1 Å². The summed E-state index contributed by atoms with van der Waals surface area (Å²) in [5, 5.41) is 2.63. The lowest BCUT2D eigenvalue weighted by Gasteiger charge is -2.13. The van der Waals surface area contributed by atoms with Crippen molar-refractivity contribution in [2.24, 2.45) is 0 Å². The zero-order chi connectivity index (χ0) is 25.3. The molecule has 0 aliphatic heterocycles. The maximum Gasteiger partial charge on any atom is 0.411 e. The number of fused-ring (bicyclic) bond motifs is 1. The van der Waals surface area contributed by atoms with Crippen molar-refractivity contribution in [1.29, 1.82) is 0 Å². The quantitative estimate of drug-likeness (QED) is 0.248. The fourth-order valence-electron chi connectivity index (χ4n) is 3.64. The van der Waals surface area contributed by atoms with Crippen molar-refractivity contribution in [3.8, 4) is 5.75 Å². The Morgan fingerprint density at radius 3 is 2.58 bits per heavy atom. The minimum atomic E-state index is -0.575. The number of imidazole rings is 1. The molecule has 0 saturated heterocycles. The summed E-state index contributed by atoms with van der Waals surface area (Å²) in [6.07, 6.45) is 3.50. The maximum atomic E-state index is 12.0. The van der Waals surface area contributed by atoms with Gasteiger partial charge in [0, 0.05) is 23.9 Å². The van der Waals surface area contributed by atoms with E-state index in [0.717, 1.165) is 28.0 Å². The molecule has 186 valence electrons. The van der Waals surface area contributed by atoms with Crippen LogP contribution in [0.2, 0.25) is 0 Å². The van der Waals surface area contributed by atoms with Gasteiger partial charge < -0.3 is 18.8 Å². The molecule has 9 nitrogen and oxygen atoms in total. The lowest BCUT2D eigenvalue weighted by atomic mass is 10.2. The summed E-state index contributed by atoms with van der Waals surface area (Å²) in [4.78, 5) is 32.7. The van der Waals surface area contributed by atoms with Crippen molar-refractivity contribution in [1.82, 2.24) is 14.5 Å². The van der Waals surface area contributed by atoms with Crippen LogP contribution in [0.5, 0.6) is 5.75 Å². The number of rotatable bonds is 10. The van der Waals surface area contributed by atoms with Gasteiger partial charge in [-0.3, -0.25) is 10.3 Å². The van der Waals surface area contributed by atoms with Crippen LogP contribution in [0.4, 0.5) is 10.5 Å². The summed E-state index contributed by atoms with van der Waals surface area (Å²) in [5.74, 6) is 0.342. The fourth-order valence-corrected chi connectivity index (χ4v) is 3.64. The molecule has 0 spiro atoms. The van der Waals surface area contributed by atoms with Gasteiger partial charge in [-0.25, -0.2) is 14.6 Å². The van der Waals surface area contributed by atoms with Crippen molar-refractivity contribution in [2.45, 2.75) is 26.8 Å². The van der Waals surface area contributed by atoms with Gasteiger partial charge in [-0.2, -0.15) is 0 Å². The number of nitrogens with zero attached hydrogens (tertiary/aromatic N) is 3. The molecule has 4 aromatic rings. The first-order chi connectivity index (χ1) is 17.5. The Bertz CT molecular complexity index is 1330. The summed E-state index contributed by atoms with van der Waals surface area (Å²) < 4.78 is 18.1. The second-order valence-electron chi connectivity index (χ2n) is 8.00. The fraction of sp³-hybridized carbons (Fsp3) is 0.259. The summed E-state index contributed by atoms with van der Waals surface area (Å²) in [7, 11) is 0. The molecule has 1 amide bonds. The summed E-state index contributed by atoms with van der Waals surface area (Å²) in [6, 6.07) is 16.2. The van der Waals surface area contributed by atoms with Gasteiger partial charge in [0.25, 0.3) is 0 Å². The van der Waals surface area contributed by atoms with Gasteiger partial charge >= 0.3 is 12.1 Å². The van der Waals surface area contributed by atoms with E-state index in [1.807, 2.05) is 43.6 Å². The zero-order valence-corrected chi connectivity index (χ0v) is 20.3. The third-order valence-corrected chi connectivity index (χ3v) is 5.53. The molecule has 0 aliphatic rings. The molecule has 1 N–H and O–H groups in total. The van der Waals surface area contributed by atoms with Crippen molar-refractivity contribution < 1.29 is 23.8 Å². The van der Waals surface area contributed by atoms with E-state index in [0.29, 0.717) is 37.4 Å². The van der Waals surface area contributed by atoms with Crippen LogP contribution in [0, 0.1) is 6.92 Å². The normalized spacial score (nSPS) is 10.7. The molecular formula is C27H28N4O5. The second-order valence-corrected chi connectivity index (χ2v) is 8.00. The predicted molar refractivity (Wildman–Crippen MR) is 135 cm³/mol. The topological polar surface area (TPSA) is 105 Å². The number of carbonyl (C=O) groups excluding carboxylic acids is 2. The number of esters is 1. The molecule has 0 saturated carbocycles. The Morgan fingerprint density at radius 1 is 0.972 bits per heavy atom. The molecule has 2 aromatic heterocycles. The van der Waals surface area contributed by atoms with Crippen LogP contribution >= 0.6 is 0 Å². The average molecular weight is 489 g/mol. The Morgan fingerprint density at radius 2 is 1.78 bits per heavy atom. The number of anilines is 1. The number of carbonyl (C=O) groups is 2. The van der Waals surface area contributed by atoms with Crippen LogP contribution in [-0.4, -0.2) is 46.4 Å². The number of nitrogens with one attached hydrogen (secondary N) is 1. The minimum absolute atomic E-state index is 0.199. The lowest BCUT2D eigenvalue weighted by molar-refractivity contribution is 0.0526. The molecule has 0 aliphatic carbocycles. The highest BCUT2D eigenvalue weighted by Crippen LogP contribution is 2.22.